The van der Waals surface area contributed by atoms with Crippen molar-refractivity contribution in [2.24, 2.45) is 0 Å². The lowest BCUT2D eigenvalue weighted by Crippen LogP contribution is -2.50. The van der Waals surface area contributed by atoms with Crippen LogP contribution in [0, 0.1) is 0 Å². The minimum absolute atomic E-state index is 0.0116. The Morgan fingerprint density at radius 2 is 1.75 bits per heavy atom. The fraction of sp³-hybridized carbons (Fsp3) is 0.458. The van der Waals surface area contributed by atoms with Crippen molar-refractivity contribution in [2.75, 3.05) is 58.3 Å². The molecule has 1 atom stereocenters. The van der Waals surface area contributed by atoms with E-state index in [2.05, 4.69) is 38.0 Å². The lowest BCUT2D eigenvalue weighted by atomic mass is 10.1. The summed E-state index contributed by atoms with van der Waals surface area (Å²) in [5.41, 5.74) is 2.02. The standard InChI is InChI=1S/C24H32BrN3O4/c1-3-18-4-5-19(14-23(18)25)26-24(30)16-28-12-10-27(11-13-28)15-20(29)17-32-22-8-6-21(31-2)7-9-22/h4-9,14,20,29H,3,10-13,15-17H2,1-2H3,(H,26,30). The average Bonchev–Trinajstić information content (AvgIpc) is 2.79. The molecule has 3 rings (SSSR count). The third-order valence-electron chi connectivity index (χ3n) is 5.52. The molecule has 0 spiro atoms. The van der Waals surface area contributed by atoms with Crippen LogP contribution in [0.2, 0.25) is 0 Å². The normalized spacial score (nSPS) is 15.9. The van der Waals surface area contributed by atoms with Crippen LogP contribution in [-0.2, 0) is 11.2 Å². The van der Waals surface area contributed by atoms with Gasteiger partial charge in [-0.2, -0.15) is 0 Å². The van der Waals surface area contributed by atoms with Crippen LogP contribution in [0.3, 0.4) is 0 Å². The number of carbonyl (C=O) groups excluding carboxylic acids is 1. The van der Waals surface area contributed by atoms with Gasteiger partial charge in [-0.1, -0.05) is 28.9 Å². The van der Waals surface area contributed by atoms with Gasteiger partial charge in [0.2, 0.25) is 5.91 Å². The Morgan fingerprint density at radius 1 is 1.09 bits per heavy atom. The number of aryl methyl sites for hydroxylation is 1. The lowest BCUT2D eigenvalue weighted by Gasteiger charge is -2.35. The van der Waals surface area contributed by atoms with Gasteiger partial charge in [0.1, 0.15) is 24.2 Å². The maximum Gasteiger partial charge on any atom is 0.238 e. The van der Waals surface area contributed by atoms with Crippen LogP contribution in [0.15, 0.2) is 46.9 Å². The van der Waals surface area contributed by atoms with E-state index in [0.29, 0.717) is 18.8 Å². The number of hydrogen-bond donors (Lipinski definition) is 2. The summed E-state index contributed by atoms with van der Waals surface area (Å²) >= 11 is 3.55. The van der Waals surface area contributed by atoms with E-state index in [1.165, 1.54) is 5.56 Å². The third-order valence-corrected chi connectivity index (χ3v) is 6.26. The number of hydrogen-bond acceptors (Lipinski definition) is 6. The Balaban J connectivity index is 1.35. The Bertz CT molecular complexity index is 870. The van der Waals surface area contributed by atoms with Crippen LogP contribution in [0.5, 0.6) is 11.5 Å². The summed E-state index contributed by atoms with van der Waals surface area (Å²) in [5.74, 6) is 1.46. The van der Waals surface area contributed by atoms with Crippen LogP contribution < -0.4 is 14.8 Å². The first-order valence-electron chi connectivity index (χ1n) is 10.9. The molecule has 174 valence electrons. The van der Waals surface area contributed by atoms with Crippen LogP contribution in [0.1, 0.15) is 12.5 Å². The van der Waals surface area contributed by atoms with E-state index in [-0.39, 0.29) is 12.5 Å². The van der Waals surface area contributed by atoms with Crippen molar-refractivity contribution >= 4 is 27.5 Å². The van der Waals surface area contributed by atoms with Gasteiger partial charge in [0.05, 0.1) is 13.7 Å². The Hall–Kier alpha value is -2.13. The zero-order valence-electron chi connectivity index (χ0n) is 18.7. The highest BCUT2D eigenvalue weighted by atomic mass is 79.9. The van der Waals surface area contributed by atoms with E-state index in [1.54, 1.807) is 7.11 Å². The number of β-amino-alcohol motifs (C(OH)–C–C–N with tert-alkyl or cyclic N) is 1. The number of benzene rings is 2. The van der Waals surface area contributed by atoms with Gasteiger partial charge in [0.15, 0.2) is 0 Å². The van der Waals surface area contributed by atoms with E-state index in [4.69, 9.17) is 9.47 Å². The maximum atomic E-state index is 12.4. The van der Waals surface area contributed by atoms with Crippen LogP contribution in [0.25, 0.3) is 0 Å². The predicted octanol–water partition coefficient (Wildman–Crippen LogP) is 3.02. The molecule has 1 unspecified atom stereocenters. The zero-order chi connectivity index (χ0) is 22.9. The number of halogens is 1. The van der Waals surface area contributed by atoms with Gasteiger partial charge in [0, 0.05) is 42.9 Å². The van der Waals surface area contributed by atoms with Gasteiger partial charge < -0.3 is 19.9 Å². The van der Waals surface area contributed by atoms with E-state index in [9.17, 15) is 9.90 Å². The van der Waals surface area contributed by atoms with E-state index < -0.39 is 6.10 Å². The molecule has 2 aromatic carbocycles. The van der Waals surface area contributed by atoms with Crippen molar-refractivity contribution < 1.29 is 19.4 Å². The first kappa shape index (κ1) is 24.5. The molecule has 1 fully saturated rings. The number of piperazine rings is 1. The number of aliphatic hydroxyl groups is 1. The first-order chi connectivity index (χ1) is 15.5. The van der Waals surface area contributed by atoms with Crippen molar-refractivity contribution in [3.63, 3.8) is 0 Å². The molecule has 1 heterocycles. The Kier molecular flexibility index (Phi) is 9.35. The summed E-state index contributed by atoms with van der Waals surface area (Å²) in [4.78, 5) is 16.8. The van der Waals surface area contributed by atoms with Crippen LogP contribution in [0.4, 0.5) is 5.69 Å². The van der Waals surface area contributed by atoms with Gasteiger partial charge in [-0.25, -0.2) is 0 Å². The molecule has 2 N–H and O–H groups in total. The van der Waals surface area contributed by atoms with Crippen molar-refractivity contribution in [1.82, 2.24) is 9.80 Å². The van der Waals surface area contributed by atoms with Gasteiger partial charge in [0.25, 0.3) is 0 Å². The van der Waals surface area contributed by atoms with Crippen LogP contribution >= 0.6 is 15.9 Å². The van der Waals surface area contributed by atoms with Gasteiger partial charge >= 0.3 is 0 Å². The third kappa shape index (κ3) is 7.48. The summed E-state index contributed by atoms with van der Waals surface area (Å²) in [6.45, 7) is 6.45. The molecule has 7 nitrogen and oxygen atoms in total. The summed E-state index contributed by atoms with van der Waals surface area (Å²) in [5, 5.41) is 13.3. The van der Waals surface area contributed by atoms with Crippen LogP contribution in [-0.4, -0.2) is 79.9 Å². The smallest absolute Gasteiger partial charge is 0.238 e. The van der Waals surface area contributed by atoms with Crippen molar-refractivity contribution in [3.05, 3.63) is 52.5 Å². The fourth-order valence-electron chi connectivity index (χ4n) is 3.66. The molecule has 32 heavy (non-hydrogen) atoms. The molecule has 2 aromatic rings. The molecule has 0 aromatic heterocycles. The number of nitrogens with zero attached hydrogens (tertiary/aromatic N) is 2. The number of anilines is 1. The molecule has 0 bridgehead atoms. The Labute approximate surface area is 198 Å². The van der Waals surface area contributed by atoms with Gasteiger partial charge in [-0.05, 0) is 48.4 Å². The maximum absolute atomic E-state index is 12.4. The monoisotopic (exact) mass is 505 g/mol. The lowest BCUT2D eigenvalue weighted by molar-refractivity contribution is -0.117. The van der Waals surface area contributed by atoms with E-state index in [1.807, 2.05) is 42.5 Å². The number of rotatable bonds is 10. The number of nitrogens with one attached hydrogen (secondary N) is 1. The quantitative estimate of drug-likeness (QED) is 0.516. The second kappa shape index (κ2) is 12.2. The van der Waals surface area contributed by atoms with Crippen molar-refractivity contribution in [1.29, 1.82) is 0 Å². The molecule has 0 saturated carbocycles. The number of aliphatic hydroxyl groups excluding tert-OH is 1. The number of amides is 1. The summed E-state index contributed by atoms with van der Waals surface area (Å²) in [6.07, 6.45) is 0.373. The molecule has 1 saturated heterocycles. The summed E-state index contributed by atoms with van der Waals surface area (Å²) < 4.78 is 11.8. The molecule has 1 aliphatic heterocycles. The van der Waals surface area contributed by atoms with Gasteiger partial charge in [-0.3, -0.25) is 14.6 Å². The second-order valence-electron chi connectivity index (χ2n) is 7.93. The molecule has 0 radical (unpaired) electrons. The van der Waals surface area contributed by atoms with Crippen molar-refractivity contribution in [2.45, 2.75) is 19.4 Å². The molecule has 1 amide bonds. The number of methoxy groups -OCH3 is 1. The minimum atomic E-state index is -0.573. The molecular formula is C24H32BrN3O4. The topological polar surface area (TPSA) is 74.3 Å². The van der Waals surface area contributed by atoms with Gasteiger partial charge in [-0.15, -0.1) is 0 Å². The predicted molar refractivity (Wildman–Crippen MR) is 130 cm³/mol. The Morgan fingerprint density at radius 3 is 2.38 bits per heavy atom. The molecule has 1 aliphatic rings. The first-order valence-corrected chi connectivity index (χ1v) is 11.7. The highest BCUT2D eigenvalue weighted by Gasteiger charge is 2.21. The number of carbonyl (C=O) groups is 1. The zero-order valence-corrected chi connectivity index (χ0v) is 20.3. The number of ether oxygens (including phenoxy) is 2. The molecule has 8 heteroatoms. The molecule has 0 aliphatic carbocycles. The second-order valence-corrected chi connectivity index (χ2v) is 8.78. The summed E-state index contributed by atoms with van der Waals surface area (Å²) in [6, 6.07) is 13.2. The average molecular weight is 506 g/mol. The SMILES string of the molecule is CCc1ccc(NC(=O)CN2CCN(CC(O)COc3ccc(OC)cc3)CC2)cc1Br. The van der Waals surface area contributed by atoms with E-state index in [0.717, 1.165) is 48.5 Å². The molecular weight excluding hydrogens is 474 g/mol. The summed E-state index contributed by atoms with van der Waals surface area (Å²) in [7, 11) is 1.62. The fourth-order valence-corrected chi connectivity index (χ4v) is 4.32. The van der Waals surface area contributed by atoms with Crippen molar-refractivity contribution in [3.8, 4) is 11.5 Å². The van der Waals surface area contributed by atoms with E-state index >= 15 is 0 Å². The highest BCUT2D eigenvalue weighted by Crippen LogP contribution is 2.22. The largest absolute Gasteiger partial charge is 0.497 e. The highest BCUT2D eigenvalue weighted by molar-refractivity contribution is 9.10. The minimum Gasteiger partial charge on any atom is -0.497 e.